The molecule has 1 atom stereocenters. The van der Waals surface area contributed by atoms with Crippen molar-refractivity contribution in [3.05, 3.63) is 82.6 Å². The van der Waals surface area contributed by atoms with E-state index in [1.54, 1.807) is 24.1 Å². The third kappa shape index (κ3) is 3.57. The molecule has 31 heavy (non-hydrogen) atoms. The van der Waals surface area contributed by atoms with Gasteiger partial charge < -0.3 is 10.5 Å². The number of ketones is 1. The number of nitrogens with zero attached hydrogens (tertiary/aromatic N) is 2. The largest absolute Gasteiger partial charge is 0.497 e. The SMILES string of the molecule is COc1ccc([C@@H]2C(C#N)=C(N)N(c3ccc(F)cc3)C3=C2C(=O)CC(C)(C)C3)cc1. The molecule has 1 heterocycles. The number of hydrogen-bond donors (Lipinski definition) is 1. The molecule has 0 saturated heterocycles. The summed E-state index contributed by atoms with van der Waals surface area (Å²) in [6, 6.07) is 15.5. The third-order valence-corrected chi connectivity index (χ3v) is 5.91. The fourth-order valence-electron chi connectivity index (χ4n) is 4.52. The maximum Gasteiger partial charge on any atom is 0.162 e. The van der Waals surface area contributed by atoms with E-state index < -0.39 is 5.92 Å². The normalized spacial score (nSPS) is 20.4. The first-order valence-corrected chi connectivity index (χ1v) is 10.1. The molecule has 0 radical (unpaired) electrons. The van der Waals surface area contributed by atoms with Crippen LogP contribution in [-0.2, 0) is 4.79 Å². The van der Waals surface area contributed by atoms with E-state index in [0.29, 0.717) is 35.4 Å². The van der Waals surface area contributed by atoms with Crippen molar-refractivity contribution in [3.63, 3.8) is 0 Å². The molecule has 5 nitrogen and oxygen atoms in total. The summed E-state index contributed by atoms with van der Waals surface area (Å²) < 4.78 is 18.8. The first-order valence-electron chi connectivity index (χ1n) is 10.1. The molecule has 2 aromatic rings. The second kappa shape index (κ2) is 7.59. The van der Waals surface area contributed by atoms with Crippen LogP contribution in [0.5, 0.6) is 5.75 Å². The Kier molecular flexibility index (Phi) is 5.06. The minimum atomic E-state index is -0.550. The molecule has 0 saturated carbocycles. The summed E-state index contributed by atoms with van der Waals surface area (Å²) in [5, 5.41) is 10.0. The van der Waals surface area contributed by atoms with Gasteiger partial charge in [0.15, 0.2) is 5.78 Å². The molecule has 1 aliphatic carbocycles. The highest BCUT2D eigenvalue weighted by atomic mass is 19.1. The van der Waals surface area contributed by atoms with Crippen molar-refractivity contribution in [2.75, 3.05) is 12.0 Å². The number of carbonyl (C=O) groups is 1. The summed E-state index contributed by atoms with van der Waals surface area (Å²) in [6.07, 6.45) is 0.992. The molecule has 0 amide bonds. The molecular formula is C25H24FN3O2. The van der Waals surface area contributed by atoms with Crippen LogP contribution in [0.2, 0.25) is 0 Å². The predicted octanol–water partition coefficient (Wildman–Crippen LogP) is 4.78. The van der Waals surface area contributed by atoms with Crippen LogP contribution in [0.3, 0.4) is 0 Å². The van der Waals surface area contributed by atoms with Crippen molar-refractivity contribution < 1.29 is 13.9 Å². The average Bonchev–Trinajstić information content (AvgIpc) is 2.73. The van der Waals surface area contributed by atoms with Crippen LogP contribution >= 0.6 is 0 Å². The van der Waals surface area contributed by atoms with Gasteiger partial charge in [-0.1, -0.05) is 26.0 Å². The van der Waals surface area contributed by atoms with E-state index >= 15 is 0 Å². The minimum Gasteiger partial charge on any atom is -0.497 e. The average molecular weight is 417 g/mol. The maximum atomic E-state index is 13.6. The van der Waals surface area contributed by atoms with Gasteiger partial charge in [-0.05, 0) is 53.8 Å². The number of allylic oxidation sites excluding steroid dienone is 3. The van der Waals surface area contributed by atoms with Crippen molar-refractivity contribution in [2.45, 2.75) is 32.6 Å². The van der Waals surface area contributed by atoms with Crippen LogP contribution in [-0.4, -0.2) is 12.9 Å². The quantitative estimate of drug-likeness (QED) is 0.778. The number of ether oxygens (including phenoxy) is 1. The minimum absolute atomic E-state index is 0.000528. The summed E-state index contributed by atoms with van der Waals surface area (Å²) in [6.45, 7) is 4.08. The highest BCUT2D eigenvalue weighted by molar-refractivity contribution is 6.01. The van der Waals surface area contributed by atoms with Crippen LogP contribution in [0, 0.1) is 22.6 Å². The molecule has 0 unspecified atom stereocenters. The van der Waals surface area contributed by atoms with Gasteiger partial charge in [0.2, 0.25) is 0 Å². The highest BCUT2D eigenvalue weighted by Crippen LogP contribution is 2.50. The maximum absolute atomic E-state index is 13.6. The van der Waals surface area contributed by atoms with Gasteiger partial charge in [-0.3, -0.25) is 9.69 Å². The Bertz CT molecular complexity index is 1140. The summed E-state index contributed by atoms with van der Waals surface area (Å²) in [4.78, 5) is 15.2. The number of carbonyl (C=O) groups excluding carboxylic acids is 1. The summed E-state index contributed by atoms with van der Waals surface area (Å²) in [5.41, 5.74) is 9.37. The zero-order chi connectivity index (χ0) is 22.3. The number of anilines is 1. The Labute approximate surface area is 181 Å². The molecule has 158 valence electrons. The first-order chi connectivity index (χ1) is 14.8. The standard InChI is InChI=1S/C25H24FN3O2/c1-25(2)12-20-23(21(30)13-25)22(15-4-10-18(31-3)11-5-15)19(14-27)24(28)29(20)17-8-6-16(26)7-9-17/h4-11,22H,12-13,28H2,1-3H3/t22-/m1/s1. The lowest BCUT2D eigenvalue weighted by Gasteiger charge is -2.43. The highest BCUT2D eigenvalue weighted by Gasteiger charge is 2.44. The first kappa shape index (κ1) is 20.7. The van der Waals surface area contributed by atoms with Crippen molar-refractivity contribution in [1.29, 1.82) is 5.26 Å². The summed E-state index contributed by atoms with van der Waals surface area (Å²) in [5.74, 6) is 0.0345. The lowest BCUT2D eigenvalue weighted by atomic mass is 9.68. The molecule has 0 aromatic heterocycles. The Morgan fingerprint density at radius 1 is 1.13 bits per heavy atom. The van der Waals surface area contributed by atoms with Gasteiger partial charge in [0.1, 0.15) is 17.4 Å². The number of Topliss-reactive ketones (excluding diaryl/α,β-unsaturated/α-hetero) is 1. The van der Waals surface area contributed by atoms with Crippen LogP contribution < -0.4 is 15.4 Å². The molecule has 0 fully saturated rings. The predicted molar refractivity (Wildman–Crippen MR) is 116 cm³/mol. The Morgan fingerprint density at radius 2 is 1.77 bits per heavy atom. The number of halogens is 1. The van der Waals surface area contributed by atoms with Gasteiger partial charge in [0, 0.05) is 23.4 Å². The van der Waals surface area contributed by atoms with E-state index in [9.17, 15) is 14.4 Å². The van der Waals surface area contributed by atoms with Gasteiger partial charge in [-0.15, -0.1) is 0 Å². The van der Waals surface area contributed by atoms with Crippen molar-refractivity contribution in [1.82, 2.24) is 0 Å². The number of nitriles is 1. The smallest absolute Gasteiger partial charge is 0.162 e. The van der Waals surface area contributed by atoms with Gasteiger partial charge in [0.25, 0.3) is 0 Å². The molecule has 2 aromatic carbocycles. The van der Waals surface area contributed by atoms with Crippen molar-refractivity contribution in [2.24, 2.45) is 11.1 Å². The third-order valence-electron chi connectivity index (χ3n) is 5.91. The van der Waals surface area contributed by atoms with E-state index in [4.69, 9.17) is 10.5 Å². The van der Waals surface area contributed by atoms with E-state index in [1.807, 2.05) is 38.1 Å². The number of methoxy groups -OCH3 is 1. The van der Waals surface area contributed by atoms with Crippen molar-refractivity contribution in [3.8, 4) is 11.8 Å². The molecule has 0 spiro atoms. The molecule has 2 aliphatic rings. The number of nitrogens with two attached hydrogens (primary N) is 1. The van der Waals surface area contributed by atoms with Gasteiger partial charge in [-0.25, -0.2) is 4.39 Å². The van der Waals surface area contributed by atoms with Gasteiger partial charge in [-0.2, -0.15) is 5.26 Å². The zero-order valence-corrected chi connectivity index (χ0v) is 17.8. The van der Waals surface area contributed by atoms with E-state index in [0.717, 1.165) is 11.3 Å². The van der Waals surface area contributed by atoms with Crippen LogP contribution in [0.4, 0.5) is 10.1 Å². The van der Waals surface area contributed by atoms with E-state index in [1.165, 1.54) is 12.1 Å². The van der Waals surface area contributed by atoms with Gasteiger partial charge in [0.05, 0.1) is 24.7 Å². The van der Waals surface area contributed by atoms with E-state index in [-0.39, 0.29) is 22.8 Å². The second-order valence-electron chi connectivity index (χ2n) is 8.73. The molecule has 4 rings (SSSR count). The van der Waals surface area contributed by atoms with Crippen LogP contribution in [0.25, 0.3) is 0 Å². The Balaban J connectivity index is 1.96. The lowest BCUT2D eigenvalue weighted by molar-refractivity contribution is -0.118. The number of rotatable bonds is 3. The Hall–Kier alpha value is -3.59. The molecule has 2 N–H and O–H groups in total. The van der Waals surface area contributed by atoms with Gasteiger partial charge >= 0.3 is 0 Å². The molecule has 0 bridgehead atoms. The summed E-state index contributed by atoms with van der Waals surface area (Å²) in [7, 11) is 1.59. The fourth-order valence-corrected chi connectivity index (χ4v) is 4.52. The van der Waals surface area contributed by atoms with Crippen LogP contribution in [0.15, 0.2) is 71.2 Å². The number of benzene rings is 2. The monoisotopic (exact) mass is 417 g/mol. The summed E-state index contributed by atoms with van der Waals surface area (Å²) >= 11 is 0. The Morgan fingerprint density at radius 3 is 2.35 bits per heavy atom. The fraction of sp³-hybridized carbons (Fsp3) is 0.280. The van der Waals surface area contributed by atoms with Crippen molar-refractivity contribution >= 4 is 11.5 Å². The molecular weight excluding hydrogens is 393 g/mol. The topological polar surface area (TPSA) is 79.3 Å². The second-order valence-corrected chi connectivity index (χ2v) is 8.73. The molecule has 1 aliphatic heterocycles. The zero-order valence-electron chi connectivity index (χ0n) is 17.8. The number of hydrogen-bond acceptors (Lipinski definition) is 5. The van der Waals surface area contributed by atoms with Crippen LogP contribution in [0.1, 0.15) is 38.2 Å². The lowest BCUT2D eigenvalue weighted by Crippen LogP contribution is -2.42. The molecule has 6 heteroatoms. The van der Waals surface area contributed by atoms with E-state index in [2.05, 4.69) is 6.07 Å².